The quantitative estimate of drug-likeness (QED) is 0.589. The van der Waals surface area contributed by atoms with Crippen LogP contribution in [0, 0.1) is 3.57 Å². The molecule has 0 radical (unpaired) electrons. The Labute approximate surface area is 141 Å². The van der Waals surface area contributed by atoms with Crippen molar-refractivity contribution in [2.45, 2.75) is 31.2 Å². The summed E-state index contributed by atoms with van der Waals surface area (Å²) < 4.78 is 0.901. The zero-order chi connectivity index (χ0) is 15.7. The number of nitrogens with zero attached hydrogens (tertiary/aromatic N) is 1. The fraction of sp³-hybridized carbons (Fsp3) is 0.400. The third-order valence-corrected chi connectivity index (χ3v) is 5.09. The van der Waals surface area contributed by atoms with Gasteiger partial charge in [0.05, 0.1) is 5.69 Å². The van der Waals surface area contributed by atoms with Gasteiger partial charge in [-0.1, -0.05) is 25.0 Å². The summed E-state index contributed by atoms with van der Waals surface area (Å²) >= 11 is 2.12. The molecule has 2 N–H and O–H groups in total. The highest BCUT2D eigenvalue weighted by molar-refractivity contribution is 14.1. The van der Waals surface area contributed by atoms with Crippen molar-refractivity contribution in [3.8, 4) is 0 Å². The van der Waals surface area contributed by atoms with Crippen molar-refractivity contribution in [3.05, 3.63) is 27.8 Å². The molecule has 1 spiro atoms. The van der Waals surface area contributed by atoms with E-state index < -0.39 is 11.6 Å². The Morgan fingerprint density at radius 3 is 2.64 bits per heavy atom. The van der Waals surface area contributed by atoms with Gasteiger partial charge in [0.1, 0.15) is 12.1 Å². The van der Waals surface area contributed by atoms with E-state index in [-0.39, 0.29) is 18.4 Å². The molecule has 1 aliphatic carbocycles. The maximum absolute atomic E-state index is 12.5. The summed E-state index contributed by atoms with van der Waals surface area (Å²) in [6.07, 6.45) is 3.17. The number of para-hydroxylation sites is 1. The molecule has 0 bridgehead atoms. The first-order valence-electron chi connectivity index (χ1n) is 7.20. The molecule has 6 nitrogen and oxygen atoms in total. The summed E-state index contributed by atoms with van der Waals surface area (Å²) in [5.41, 5.74) is -0.0887. The van der Waals surface area contributed by atoms with E-state index in [0.29, 0.717) is 18.5 Å². The van der Waals surface area contributed by atoms with Gasteiger partial charge in [0.25, 0.3) is 5.91 Å². The summed E-state index contributed by atoms with van der Waals surface area (Å²) in [5.74, 6) is -0.643. The molecule has 1 aromatic rings. The summed E-state index contributed by atoms with van der Waals surface area (Å²) in [4.78, 5) is 37.6. The van der Waals surface area contributed by atoms with Crippen LogP contribution < -0.4 is 10.6 Å². The summed E-state index contributed by atoms with van der Waals surface area (Å²) in [6, 6.07) is 6.88. The number of halogens is 1. The molecule has 4 amide bonds. The molecular weight excluding hydrogens is 397 g/mol. The number of benzene rings is 1. The lowest BCUT2D eigenvalue weighted by Gasteiger charge is -2.19. The van der Waals surface area contributed by atoms with Crippen LogP contribution in [0.5, 0.6) is 0 Å². The van der Waals surface area contributed by atoms with Crippen LogP contribution in [0.4, 0.5) is 10.5 Å². The van der Waals surface area contributed by atoms with Gasteiger partial charge in [0.2, 0.25) is 5.91 Å². The van der Waals surface area contributed by atoms with Crippen LogP contribution in [-0.4, -0.2) is 34.8 Å². The molecule has 116 valence electrons. The normalized spacial score (nSPS) is 19.6. The van der Waals surface area contributed by atoms with Gasteiger partial charge in [-0.15, -0.1) is 0 Å². The first-order valence-corrected chi connectivity index (χ1v) is 8.28. The van der Waals surface area contributed by atoms with Crippen LogP contribution in [0.2, 0.25) is 0 Å². The van der Waals surface area contributed by atoms with E-state index in [2.05, 4.69) is 33.2 Å². The number of amides is 4. The summed E-state index contributed by atoms with van der Waals surface area (Å²) in [6.45, 7) is -0.253. The molecule has 1 saturated carbocycles. The van der Waals surface area contributed by atoms with Crippen LogP contribution in [0.1, 0.15) is 25.7 Å². The highest BCUT2D eigenvalue weighted by atomic mass is 127. The maximum atomic E-state index is 12.5. The Morgan fingerprint density at radius 1 is 1.27 bits per heavy atom. The van der Waals surface area contributed by atoms with E-state index in [9.17, 15) is 14.4 Å². The molecule has 3 rings (SSSR count). The molecule has 0 unspecified atom stereocenters. The monoisotopic (exact) mass is 413 g/mol. The Morgan fingerprint density at radius 2 is 1.95 bits per heavy atom. The predicted octanol–water partition coefficient (Wildman–Crippen LogP) is 2.09. The van der Waals surface area contributed by atoms with Crippen molar-refractivity contribution < 1.29 is 14.4 Å². The fourth-order valence-electron chi connectivity index (χ4n) is 3.03. The van der Waals surface area contributed by atoms with Gasteiger partial charge in [-0.25, -0.2) is 4.79 Å². The second-order valence-electron chi connectivity index (χ2n) is 5.64. The van der Waals surface area contributed by atoms with E-state index in [1.165, 1.54) is 0 Å². The van der Waals surface area contributed by atoms with Crippen LogP contribution in [0.3, 0.4) is 0 Å². The standard InChI is InChI=1S/C15H16IN3O3/c16-10-5-1-2-6-11(10)17-12(20)9-19-13(21)15(18-14(19)22)7-3-4-8-15/h1-2,5-6H,3-4,7-9H2,(H,17,20)(H,18,22). The Bertz CT molecular complexity index is 641. The molecule has 22 heavy (non-hydrogen) atoms. The number of hydrogen-bond acceptors (Lipinski definition) is 3. The lowest BCUT2D eigenvalue weighted by molar-refractivity contribution is -0.133. The van der Waals surface area contributed by atoms with Crippen LogP contribution in [0.25, 0.3) is 0 Å². The minimum Gasteiger partial charge on any atom is -0.324 e. The fourth-order valence-corrected chi connectivity index (χ4v) is 3.56. The van der Waals surface area contributed by atoms with Crippen LogP contribution in [-0.2, 0) is 9.59 Å². The summed E-state index contributed by atoms with van der Waals surface area (Å²) in [7, 11) is 0. The molecule has 0 atom stereocenters. The topological polar surface area (TPSA) is 78.5 Å². The first-order chi connectivity index (χ1) is 10.5. The van der Waals surface area contributed by atoms with E-state index in [1.54, 1.807) is 6.07 Å². The van der Waals surface area contributed by atoms with E-state index in [1.807, 2.05) is 18.2 Å². The minimum atomic E-state index is -0.765. The van der Waals surface area contributed by atoms with Crippen LogP contribution in [0.15, 0.2) is 24.3 Å². The number of imide groups is 1. The first kappa shape index (κ1) is 15.3. The molecule has 2 fully saturated rings. The Balaban J connectivity index is 1.68. The van der Waals surface area contributed by atoms with Gasteiger partial charge in [0.15, 0.2) is 0 Å². The molecular formula is C15H16IN3O3. The second-order valence-corrected chi connectivity index (χ2v) is 6.80. The van der Waals surface area contributed by atoms with Crippen molar-refractivity contribution in [1.29, 1.82) is 0 Å². The minimum absolute atomic E-state index is 0.253. The maximum Gasteiger partial charge on any atom is 0.325 e. The van der Waals surface area contributed by atoms with Crippen LogP contribution >= 0.6 is 22.6 Å². The predicted molar refractivity (Wildman–Crippen MR) is 89.2 cm³/mol. The smallest absolute Gasteiger partial charge is 0.324 e. The van der Waals surface area contributed by atoms with Crippen molar-refractivity contribution in [2.75, 3.05) is 11.9 Å². The average Bonchev–Trinajstić information content (AvgIpc) is 3.03. The Kier molecular flexibility index (Phi) is 4.07. The molecule has 7 heteroatoms. The third kappa shape index (κ3) is 2.69. The van der Waals surface area contributed by atoms with Gasteiger partial charge in [-0.05, 0) is 47.6 Å². The molecule has 2 aliphatic rings. The number of nitrogens with one attached hydrogen (secondary N) is 2. The van der Waals surface area contributed by atoms with E-state index in [0.717, 1.165) is 21.3 Å². The molecule has 1 aromatic carbocycles. The van der Waals surface area contributed by atoms with E-state index >= 15 is 0 Å². The lowest BCUT2D eigenvalue weighted by Crippen LogP contribution is -2.44. The molecule has 1 aliphatic heterocycles. The number of carbonyl (C=O) groups excluding carboxylic acids is 3. The van der Waals surface area contributed by atoms with Gasteiger partial charge < -0.3 is 10.6 Å². The Hall–Kier alpha value is -1.64. The largest absolute Gasteiger partial charge is 0.325 e. The van der Waals surface area contributed by atoms with Gasteiger partial charge in [-0.2, -0.15) is 0 Å². The molecule has 1 saturated heterocycles. The van der Waals surface area contributed by atoms with E-state index in [4.69, 9.17) is 0 Å². The SMILES string of the molecule is O=C(CN1C(=O)NC2(CCCC2)C1=O)Nc1ccccc1I. The molecule has 0 aromatic heterocycles. The number of hydrogen-bond donors (Lipinski definition) is 2. The summed E-state index contributed by atoms with van der Waals surface area (Å²) in [5, 5.41) is 5.50. The van der Waals surface area contributed by atoms with Crippen molar-refractivity contribution in [1.82, 2.24) is 10.2 Å². The zero-order valence-corrected chi connectivity index (χ0v) is 14.1. The van der Waals surface area contributed by atoms with Crippen molar-refractivity contribution >= 4 is 46.1 Å². The second kappa shape index (κ2) is 5.86. The highest BCUT2D eigenvalue weighted by Gasteiger charge is 2.52. The lowest BCUT2D eigenvalue weighted by atomic mass is 9.98. The highest BCUT2D eigenvalue weighted by Crippen LogP contribution is 2.34. The zero-order valence-electron chi connectivity index (χ0n) is 11.9. The number of rotatable bonds is 3. The van der Waals surface area contributed by atoms with Gasteiger partial charge in [0, 0.05) is 3.57 Å². The number of urea groups is 1. The van der Waals surface area contributed by atoms with Gasteiger partial charge >= 0.3 is 6.03 Å². The molecule has 1 heterocycles. The van der Waals surface area contributed by atoms with Crippen molar-refractivity contribution in [3.63, 3.8) is 0 Å². The third-order valence-electron chi connectivity index (χ3n) is 4.15. The average molecular weight is 413 g/mol. The van der Waals surface area contributed by atoms with Gasteiger partial charge in [-0.3, -0.25) is 14.5 Å². The van der Waals surface area contributed by atoms with Crippen molar-refractivity contribution in [2.24, 2.45) is 0 Å². The number of carbonyl (C=O) groups is 3. The number of anilines is 1.